The number of carbonyl (C=O) groups is 1. The van der Waals surface area contributed by atoms with Gasteiger partial charge in [-0.3, -0.25) is 4.79 Å². The highest BCUT2D eigenvalue weighted by atomic mass is 32.1. The van der Waals surface area contributed by atoms with Crippen molar-refractivity contribution in [1.29, 1.82) is 0 Å². The van der Waals surface area contributed by atoms with E-state index in [-0.39, 0.29) is 13.2 Å². The zero-order chi connectivity index (χ0) is 21.2. The number of nitrogens with one attached hydrogen (secondary N) is 1. The number of rotatable bonds is 8. The van der Waals surface area contributed by atoms with Crippen molar-refractivity contribution in [3.8, 4) is 11.5 Å². The maximum atomic E-state index is 10.8. The van der Waals surface area contributed by atoms with E-state index in [4.69, 9.17) is 24.5 Å². The van der Waals surface area contributed by atoms with Crippen LogP contribution < -0.4 is 14.8 Å². The number of anilines is 1. The Hall–Kier alpha value is -3.39. The molecular formula is C23H21N3O4S. The van der Waals surface area contributed by atoms with Crippen LogP contribution in [0.2, 0.25) is 0 Å². The van der Waals surface area contributed by atoms with Gasteiger partial charge in [0.05, 0.1) is 5.39 Å². The number of nitrogens with zero attached hydrogens (tertiary/aromatic N) is 2. The molecule has 1 aliphatic rings. The molecule has 2 aromatic heterocycles. The van der Waals surface area contributed by atoms with Crippen molar-refractivity contribution in [2.45, 2.75) is 32.2 Å². The first-order valence-corrected chi connectivity index (χ1v) is 11.0. The third kappa shape index (κ3) is 4.11. The zero-order valence-corrected chi connectivity index (χ0v) is 17.6. The number of aromatic nitrogens is 2. The topological polar surface area (TPSA) is 93.6 Å². The Morgan fingerprint density at radius 1 is 1.10 bits per heavy atom. The number of unbranched alkanes of at least 4 members (excludes halogenated alkanes) is 1. The maximum absolute atomic E-state index is 10.8. The van der Waals surface area contributed by atoms with Crippen LogP contribution in [0, 0.1) is 0 Å². The number of fused-ring (bicyclic) bond motifs is 4. The van der Waals surface area contributed by atoms with Crippen molar-refractivity contribution < 1.29 is 19.4 Å². The Labute approximate surface area is 182 Å². The molecule has 0 bridgehead atoms. The van der Waals surface area contributed by atoms with Gasteiger partial charge in [0.1, 0.15) is 16.5 Å². The summed E-state index contributed by atoms with van der Waals surface area (Å²) < 4.78 is 12.0. The van der Waals surface area contributed by atoms with E-state index in [0.717, 1.165) is 50.7 Å². The van der Waals surface area contributed by atoms with Crippen molar-refractivity contribution >= 4 is 43.4 Å². The summed E-state index contributed by atoms with van der Waals surface area (Å²) in [5.41, 5.74) is 1.07. The number of carboxylic acids is 1. The van der Waals surface area contributed by atoms with Crippen molar-refractivity contribution in [1.82, 2.24) is 9.97 Å². The van der Waals surface area contributed by atoms with Crippen LogP contribution >= 0.6 is 11.3 Å². The van der Waals surface area contributed by atoms with Crippen LogP contribution in [-0.2, 0) is 17.8 Å². The lowest BCUT2D eigenvalue weighted by Crippen LogP contribution is -2.05. The van der Waals surface area contributed by atoms with E-state index in [2.05, 4.69) is 17.4 Å². The minimum atomic E-state index is -0.771. The van der Waals surface area contributed by atoms with Gasteiger partial charge < -0.3 is 19.9 Å². The highest BCUT2D eigenvalue weighted by molar-refractivity contribution is 7.25. The van der Waals surface area contributed by atoms with Crippen LogP contribution in [0.25, 0.3) is 20.3 Å². The largest absolute Gasteiger partial charge is 0.481 e. The van der Waals surface area contributed by atoms with E-state index in [1.165, 1.54) is 4.70 Å². The quantitative estimate of drug-likeness (QED) is 0.377. The first-order chi connectivity index (χ1) is 15.2. The van der Waals surface area contributed by atoms with Gasteiger partial charge in [0.25, 0.3) is 0 Å². The number of thiophene rings is 1. The molecule has 0 saturated carbocycles. The third-order valence-electron chi connectivity index (χ3n) is 5.22. The normalized spacial score (nSPS) is 12.5. The molecule has 0 spiro atoms. The molecule has 1 aliphatic heterocycles. The predicted octanol–water partition coefficient (Wildman–Crippen LogP) is 4.98. The van der Waals surface area contributed by atoms with Crippen LogP contribution in [0.1, 0.15) is 30.7 Å². The van der Waals surface area contributed by atoms with Crippen molar-refractivity contribution in [3.63, 3.8) is 0 Å². The molecule has 0 radical (unpaired) electrons. The van der Waals surface area contributed by atoms with Gasteiger partial charge in [0, 0.05) is 29.5 Å². The van der Waals surface area contributed by atoms with Crippen molar-refractivity contribution in [3.05, 3.63) is 53.9 Å². The van der Waals surface area contributed by atoms with Crippen LogP contribution in [0.15, 0.2) is 42.5 Å². The van der Waals surface area contributed by atoms with Crippen LogP contribution in [0.5, 0.6) is 11.5 Å². The Kier molecular flexibility index (Phi) is 5.30. The number of aryl methyl sites for hydroxylation is 1. The first kappa shape index (κ1) is 19.6. The van der Waals surface area contributed by atoms with Crippen molar-refractivity contribution in [2.75, 3.05) is 12.1 Å². The van der Waals surface area contributed by atoms with E-state index >= 15 is 0 Å². The van der Waals surface area contributed by atoms with E-state index in [0.29, 0.717) is 19.4 Å². The fourth-order valence-electron chi connectivity index (χ4n) is 3.70. The average Bonchev–Trinajstić information content (AvgIpc) is 3.38. The molecule has 3 heterocycles. The van der Waals surface area contributed by atoms with Gasteiger partial charge in [-0.05, 0) is 36.6 Å². The number of ether oxygens (including phenoxy) is 2. The summed E-state index contributed by atoms with van der Waals surface area (Å²) in [6.07, 6.45) is 2.17. The molecule has 7 nitrogen and oxygen atoms in total. The van der Waals surface area contributed by atoms with Gasteiger partial charge in [0.15, 0.2) is 11.5 Å². The molecule has 31 heavy (non-hydrogen) atoms. The van der Waals surface area contributed by atoms with Crippen LogP contribution in [-0.4, -0.2) is 27.8 Å². The molecule has 158 valence electrons. The molecule has 0 amide bonds. The molecule has 4 aromatic rings. The summed E-state index contributed by atoms with van der Waals surface area (Å²) in [6.45, 7) is 0.844. The summed E-state index contributed by atoms with van der Waals surface area (Å²) >= 11 is 1.65. The third-order valence-corrected chi connectivity index (χ3v) is 6.29. The van der Waals surface area contributed by atoms with Crippen LogP contribution in [0.3, 0.4) is 0 Å². The summed E-state index contributed by atoms with van der Waals surface area (Å²) in [7, 11) is 0. The van der Waals surface area contributed by atoms with Gasteiger partial charge in [-0.25, -0.2) is 9.97 Å². The van der Waals surface area contributed by atoms with Crippen LogP contribution in [0.4, 0.5) is 5.82 Å². The molecule has 8 heteroatoms. The lowest BCUT2D eigenvalue weighted by Gasteiger charge is -2.10. The number of benzene rings is 2. The number of hydrogen-bond donors (Lipinski definition) is 2. The second-order valence-electron chi connectivity index (χ2n) is 7.41. The predicted molar refractivity (Wildman–Crippen MR) is 120 cm³/mol. The Balaban J connectivity index is 1.44. The van der Waals surface area contributed by atoms with E-state index in [1.807, 2.05) is 30.3 Å². The molecule has 2 aromatic carbocycles. The summed E-state index contributed by atoms with van der Waals surface area (Å²) in [5.74, 6) is 2.28. The summed E-state index contributed by atoms with van der Waals surface area (Å²) in [6, 6.07) is 14.1. The van der Waals surface area contributed by atoms with Gasteiger partial charge >= 0.3 is 5.97 Å². The van der Waals surface area contributed by atoms with Gasteiger partial charge in [-0.15, -0.1) is 11.3 Å². The molecule has 0 atom stereocenters. The number of carboxylic acid groups (broad SMARTS) is 1. The fourth-order valence-corrected chi connectivity index (χ4v) is 4.80. The lowest BCUT2D eigenvalue weighted by molar-refractivity contribution is -0.137. The minimum Gasteiger partial charge on any atom is -0.481 e. The van der Waals surface area contributed by atoms with Gasteiger partial charge in [0.2, 0.25) is 6.79 Å². The first-order valence-electron chi connectivity index (χ1n) is 10.2. The zero-order valence-electron chi connectivity index (χ0n) is 16.8. The molecule has 0 fully saturated rings. The second-order valence-corrected chi connectivity index (χ2v) is 8.44. The van der Waals surface area contributed by atoms with E-state index in [9.17, 15) is 4.79 Å². The molecule has 0 aliphatic carbocycles. The Morgan fingerprint density at radius 3 is 2.87 bits per heavy atom. The maximum Gasteiger partial charge on any atom is 0.303 e. The SMILES string of the molecule is O=C(O)CCCCc1nc(NCc2ccc3c(c2)OCO3)c2c(n1)sc1ccccc12. The average molecular weight is 436 g/mol. The Bertz CT molecular complexity index is 1270. The number of hydrogen-bond acceptors (Lipinski definition) is 7. The van der Waals surface area contributed by atoms with E-state index in [1.54, 1.807) is 11.3 Å². The lowest BCUT2D eigenvalue weighted by atomic mass is 10.1. The minimum absolute atomic E-state index is 0.167. The van der Waals surface area contributed by atoms with Gasteiger partial charge in [-0.1, -0.05) is 24.3 Å². The molecule has 0 saturated heterocycles. The Morgan fingerprint density at radius 2 is 1.97 bits per heavy atom. The molecular weight excluding hydrogens is 414 g/mol. The standard InChI is InChI=1S/C23H21N3O4S/c27-20(28)8-4-3-7-19-25-22(21-15-5-1-2-6-18(15)31-23(21)26-19)24-12-14-9-10-16-17(11-14)30-13-29-16/h1-2,5-6,9-11H,3-4,7-8,12-13H2,(H,27,28)(H,24,25,26). The highest BCUT2D eigenvalue weighted by Gasteiger charge is 2.16. The second kappa shape index (κ2) is 8.39. The molecule has 2 N–H and O–H groups in total. The van der Waals surface area contributed by atoms with Gasteiger partial charge in [-0.2, -0.15) is 0 Å². The summed E-state index contributed by atoms with van der Waals surface area (Å²) in [5, 5.41) is 14.5. The summed E-state index contributed by atoms with van der Waals surface area (Å²) in [4.78, 5) is 21.3. The fraction of sp³-hybridized carbons (Fsp3) is 0.261. The molecule has 5 rings (SSSR count). The highest BCUT2D eigenvalue weighted by Crippen LogP contribution is 2.37. The van der Waals surface area contributed by atoms with E-state index < -0.39 is 5.97 Å². The van der Waals surface area contributed by atoms with Crippen molar-refractivity contribution in [2.24, 2.45) is 0 Å². The smallest absolute Gasteiger partial charge is 0.303 e. The number of aliphatic carboxylic acids is 1. The molecule has 0 unspecified atom stereocenters. The monoisotopic (exact) mass is 435 g/mol.